The van der Waals surface area contributed by atoms with E-state index < -0.39 is 11.6 Å². The van der Waals surface area contributed by atoms with Crippen LogP contribution in [-0.2, 0) is 22.6 Å². The van der Waals surface area contributed by atoms with Crippen molar-refractivity contribution in [3.05, 3.63) is 65.5 Å². The van der Waals surface area contributed by atoms with E-state index in [1.807, 2.05) is 54.4 Å². The number of rotatable bonds is 9. The highest BCUT2D eigenvalue weighted by Gasteiger charge is 2.52. The molecule has 0 unspecified atom stereocenters. The summed E-state index contributed by atoms with van der Waals surface area (Å²) in [4.78, 5) is 49.1. The van der Waals surface area contributed by atoms with Crippen LogP contribution in [0.15, 0.2) is 48.7 Å². The van der Waals surface area contributed by atoms with E-state index in [0.717, 1.165) is 50.2 Å². The standard InChI is InChI=1S/C29H39N5O3/c1-4-5-17-34-26(35)22(2)31-28(37)29(34)14-19-33(20-15-29)21-23-9-11-24(12-10-23)27(36)32(3)18-13-25-8-6-7-16-30-25/h6-12,16,22H,4-5,13-15,17-21H2,1-3H3,(H,31,37)/t22-/m0/s1. The Morgan fingerprint density at radius 1 is 1.14 bits per heavy atom. The minimum atomic E-state index is -0.731. The second-order valence-corrected chi connectivity index (χ2v) is 10.3. The zero-order valence-electron chi connectivity index (χ0n) is 22.3. The van der Waals surface area contributed by atoms with Crippen molar-refractivity contribution >= 4 is 17.7 Å². The smallest absolute Gasteiger partial charge is 0.253 e. The third kappa shape index (κ3) is 6.01. The van der Waals surface area contributed by atoms with Crippen LogP contribution in [-0.4, -0.2) is 82.2 Å². The number of aromatic nitrogens is 1. The molecule has 2 fully saturated rings. The predicted molar refractivity (Wildman–Crippen MR) is 143 cm³/mol. The second kappa shape index (κ2) is 11.9. The van der Waals surface area contributed by atoms with Crippen LogP contribution < -0.4 is 5.32 Å². The van der Waals surface area contributed by atoms with Gasteiger partial charge in [0.1, 0.15) is 11.6 Å². The summed E-state index contributed by atoms with van der Waals surface area (Å²) >= 11 is 0. The highest BCUT2D eigenvalue weighted by Crippen LogP contribution is 2.33. The largest absolute Gasteiger partial charge is 0.343 e. The summed E-state index contributed by atoms with van der Waals surface area (Å²) in [6, 6.07) is 13.2. The van der Waals surface area contributed by atoms with Crippen molar-refractivity contribution in [2.75, 3.05) is 33.2 Å². The number of likely N-dealkylation sites (N-methyl/N-ethyl adjacent to an activating group) is 1. The lowest BCUT2D eigenvalue weighted by atomic mass is 9.81. The summed E-state index contributed by atoms with van der Waals surface area (Å²) in [5.74, 6) is 0.0221. The fourth-order valence-corrected chi connectivity index (χ4v) is 5.34. The van der Waals surface area contributed by atoms with E-state index in [4.69, 9.17) is 0 Å². The van der Waals surface area contributed by atoms with Crippen LogP contribution in [0.4, 0.5) is 0 Å². The second-order valence-electron chi connectivity index (χ2n) is 10.3. The molecular weight excluding hydrogens is 466 g/mol. The van der Waals surface area contributed by atoms with Gasteiger partial charge in [0.2, 0.25) is 11.8 Å². The number of nitrogens with zero attached hydrogens (tertiary/aromatic N) is 4. The molecule has 2 aromatic rings. The van der Waals surface area contributed by atoms with E-state index >= 15 is 0 Å². The van der Waals surface area contributed by atoms with Crippen molar-refractivity contribution in [1.82, 2.24) is 25.0 Å². The van der Waals surface area contributed by atoms with Crippen LogP contribution in [0.2, 0.25) is 0 Å². The minimum Gasteiger partial charge on any atom is -0.343 e. The van der Waals surface area contributed by atoms with Crippen molar-refractivity contribution in [2.24, 2.45) is 0 Å². The Morgan fingerprint density at radius 2 is 1.86 bits per heavy atom. The summed E-state index contributed by atoms with van der Waals surface area (Å²) in [6.45, 7) is 7.36. The molecule has 0 bridgehead atoms. The monoisotopic (exact) mass is 505 g/mol. The average Bonchev–Trinajstić information content (AvgIpc) is 2.92. The Kier molecular flexibility index (Phi) is 8.59. The molecule has 1 spiro atoms. The van der Waals surface area contributed by atoms with E-state index in [1.54, 1.807) is 18.0 Å². The molecule has 1 aromatic heterocycles. The summed E-state index contributed by atoms with van der Waals surface area (Å²) in [5.41, 5.74) is 2.04. The first kappa shape index (κ1) is 26.8. The number of nitrogens with one attached hydrogen (secondary N) is 1. The molecule has 1 aromatic carbocycles. The van der Waals surface area contributed by atoms with Crippen molar-refractivity contribution in [1.29, 1.82) is 0 Å². The number of carbonyl (C=O) groups is 3. The van der Waals surface area contributed by atoms with Crippen molar-refractivity contribution in [3.8, 4) is 0 Å². The van der Waals surface area contributed by atoms with Gasteiger partial charge in [-0.05, 0) is 56.0 Å². The molecule has 2 aliphatic heterocycles. The summed E-state index contributed by atoms with van der Waals surface area (Å²) in [5, 5.41) is 2.92. The molecule has 0 aliphatic carbocycles. The average molecular weight is 506 g/mol. The van der Waals surface area contributed by atoms with Crippen molar-refractivity contribution < 1.29 is 14.4 Å². The SMILES string of the molecule is CCCCN1C(=O)[C@H](C)NC(=O)C12CCN(Cc1ccc(C(=O)N(C)CCc3ccccn3)cc1)CC2. The van der Waals surface area contributed by atoms with Gasteiger partial charge >= 0.3 is 0 Å². The Balaban J connectivity index is 1.32. The molecule has 0 radical (unpaired) electrons. The lowest BCUT2D eigenvalue weighted by molar-refractivity contribution is -0.160. The number of pyridine rings is 1. The maximum atomic E-state index is 13.1. The number of hydrogen-bond acceptors (Lipinski definition) is 5. The summed E-state index contributed by atoms with van der Waals surface area (Å²) in [6.07, 6.45) is 5.65. The number of hydrogen-bond donors (Lipinski definition) is 1. The molecule has 1 N–H and O–H groups in total. The Labute approximate surface area is 220 Å². The van der Waals surface area contributed by atoms with Gasteiger partial charge in [0, 0.05) is 63.6 Å². The molecule has 4 rings (SSSR count). The van der Waals surface area contributed by atoms with Crippen LogP contribution in [0.1, 0.15) is 61.1 Å². The Hall–Kier alpha value is -3.26. The number of unbranched alkanes of at least 4 members (excludes halogenated alkanes) is 1. The first-order chi connectivity index (χ1) is 17.8. The number of benzene rings is 1. The van der Waals surface area contributed by atoms with Gasteiger partial charge in [0.05, 0.1) is 0 Å². The fourth-order valence-electron chi connectivity index (χ4n) is 5.34. The van der Waals surface area contributed by atoms with E-state index in [1.165, 1.54) is 0 Å². The molecule has 8 nitrogen and oxygen atoms in total. The third-order valence-electron chi connectivity index (χ3n) is 7.73. The molecule has 2 saturated heterocycles. The zero-order valence-corrected chi connectivity index (χ0v) is 22.3. The maximum absolute atomic E-state index is 13.1. The minimum absolute atomic E-state index is 0.00299. The fraction of sp³-hybridized carbons (Fsp3) is 0.517. The normalized spacial score (nSPS) is 19.6. The van der Waals surface area contributed by atoms with Gasteiger partial charge in [-0.2, -0.15) is 0 Å². The van der Waals surface area contributed by atoms with Gasteiger partial charge < -0.3 is 15.1 Å². The van der Waals surface area contributed by atoms with E-state index in [-0.39, 0.29) is 17.7 Å². The molecule has 37 heavy (non-hydrogen) atoms. The first-order valence-electron chi connectivity index (χ1n) is 13.4. The van der Waals surface area contributed by atoms with Crippen LogP contribution in [0, 0.1) is 0 Å². The van der Waals surface area contributed by atoms with Crippen molar-refractivity contribution in [3.63, 3.8) is 0 Å². The van der Waals surface area contributed by atoms with E-state index in [2.05, 4.69) is 22.1 Å². The van der Waals surface area contributed by atoms with Gasteiger partial charge in [-0.1, -0.05) is 31.5 Å². The summed E-state index contributed by atoms with van der Waals surface area (Å²) in [7, 11) is 1.82. The molecule has 2 aliphatic rings. The lowest BCUT2D eigenvalue weighted by Crippen LogP contribution is -2.72. The van der Waals surface area contributed by atoms with Gasteiger partial charge in [0.15, 0.2) is 0 Å². The van der Waals surface area contributed by atoms with Crippen LogP contribution in [0.25, 0.3) is 0 Å². The molecule has 3 amide bonds. The molecule has 1 atom stereocenters. The zero-order chi connectivity index (χ0) is 26.4. The first-order valence-corrected chi connectivity index (χ1v) is 13.4. The highest BCUT2D eigenvalue weighted by molar-refractivity contribution is 5.99. The number of amides is 3. The van der Waals surface area contributed by atoms with E-state index in [9.17, 15) is 14.4 Å². The molecule has 0 saturated carbocycles. The van der Waals surface area contributed by atoms with Crippen LogP contribution >= 0.6 is 0 Å². The topological polar surface area (TPSA) is 85.8 Å². The number of carbonyl (C=O) groups excluding carboxylic acids is 3. The Bertz CT molecular complexity index is 1080. The number of piperidine rings is 1. The van der Waals surface area contributed by atoms with Gasteiger partial charge in [0.25, 0.3) is 5.91 Å². The molecule has 198 valence electrons. The van der Waals surface area contributed by atoms with Crippen molar-refractivity contribution in [2.45, 2.75) is 64.1 Å². The van der Waals surface area contributed by atoms with E-state index in [0.29, 0.717) is 31.5 Å². The molecular formula is C29H39N5O3. The quantitative estimate of drug-likeness (QED) is 0.567. The van der Waals surface area contributed by atoms with Crippen LogP contribution in [0.3, 0.4) is 0 Å². The van der Waals surface area contributed by atoms with Gasteiger partial charge in [-0.3, -0.25) is 24.3 Å². The molecule has 8 heteroatoms. The van der Waals surface area contributed by atoms with Crippen LogP contribution in [0.5, 0.6) is 0 Å². The Morgan fingerprint density at radius 3 is 2.51 bits per heavy atom. The van der Waals surface area contributed by atoms with Gasteiger partial charge in [-0.25, -0.2) is 0 Å². The predicted octanol–water partition coefficient (Wildman–Crippen LogP) is 2.88. The summed E-state index contributed by atoms with van der Waals surface area (Å²) < 4.78 is 0. The highest BCUT2D eigenvalue weighted by atomic mass is 16.2. The third-order valence-corrected chi connectivity index (χ3v) is 7.73. The molecule has 3 heterocycles. The number of piperazine rings is 1. The van der Waals surface area contributed by atoms with Gasteiger partial charge in [-0.15, -0.1) is 0 Å². The number of likely N-dealkylation sites (tertiary alicyclic amines) is 1. The maximum Gasteiger partial charge on any atom is 0.253 e. The lowest BCUT2D eigenvalue weighted by Gasteiger charge is -2.51.